The molecule has 2 rings (SSSR count). The molecule has 1 aromatic heterocycles. The number of H-pyrrole nitrogens is 1. The standard InChI is InChI=1S/C18H27N3O/c1-5-13(3)14(4)21-18(22)19-9-8-15-11-20-17-10-12(2)6-7-16(15)17/h6-7,10-11,13-14,20H,5,8-9H2,1-4H3,(H2,19,21,22). The molecule has 3 N–H and O–H groups in total. The van der Waals surface area contributed by atoms with E-state index in [-0.39, 0.29) is 12.1 Å². The summed E-state index contributed by atoms with van der Waals surface area (Å²) in [7, 11) is 0. The van der Waals surface area contributed by atoms with Crippen LogP contribution in [0.2, 0.25) is 0 Å². The van der Waals surface area contributed by atoms with Crippen molar-refractivity contribution in [1.29, 1.82) is 0 Å². The Bertz CT molecular complexity index is 632. The molecule has 0 aliphatic heterocycles. The number of benzene rings is 1. The van der Waals surface area contributed by atoms with E-state index in [1.54, 1.807) is 0 Å². The molecule has 2 amide bonds. The Morgan fingerprint density at radius 3 is 2.82 bits per heavy atom. The number of aryl methyl sites for hydroxylation is 1. The van der Waals surface area contributed by atoms with Gasteiger partial charge < -0.3 is 15.6 Å². The molecule has 0 aliphatic rings. The lowest BCUT2D eigenvalue weighted by atomic mass is 10.0. The van der Waals surface area contributed by atoms with Gasteiger partial charge in [0.05, 0.1) is 0 Å². The van der Waals surface area contributed by atoms with Crippen LogP contribution in [0.3, 0.4) is 0 Å². The molecule has 2 atom stereocenters. The number of rotatable bonds is 6. The average molecular weight is 301 g/mol. The summed E-state index contributed by atoms with van der Waals surface area (Å²) in [6.07, 6.45) is 3.93. The van der Waals surface area contributed by atoms with Crippen molar-refractivity contribution in [3.8, 4) is 0 Å². The first kappa shape index (κ1) is 16.4. The van der Waals surface area contributed by atoms with E-state index in [9.17, 15) is 4.79 Å². The summed E-state index contributed by atoms with van der Waals surface area (Å²) in [5, 5.41) is 7.18. The summed E-state index contributed by atoms with van der Waals surface area (Å²) < 4.78 is 0. The van der Waals surface area contributed by atoms with Gasteiger partial charge in [-0.05, 0) is 43.4 Å². The molecular formula is C18H27N3O. The van der Waals surface area contributed by atoms with Gasteiger partial charge >= 0.3 is 6.03 Å². The van der Waals surface area contributed by atoms with E-state index >= 15 is 0 Å². The predicted molar refractivity (Wildman–Crippen MR) is 92.2 cm³/mol. The second-order valence-electron chi connectivity index (χ2n) is 6.19. The molecule has 0 aliphatic carbocycles. The fourth-order valence-corrected chi connectivity index (χ4v) is 2.57. The molecule has 2 unspecified atom stereocenters. The molecule has 0 fully saturated rings. The van der Waals surface area contributed by atoms with Crippen molar-refractivity contribution in [2.75, 3.05) is 6.54 Å². The Labute approximate surface area is 132 Å². The highest BCUT2D eigenvalue weighted by Gasteiger charge is 2.12. The van der Waals surface area contributed by atoms with Crippen molar-refractivity contribution in [2.45, 2.75) is 46.6 Å². The summed E-state index contributed by atoms with van der Waals surface area (Å²) >= 11 is 0. The van der Waals surface area contributed by atoms with Crippen LogP contribution in [0.4, 0.5) is 4.79 Å². The van der Waals surface area contributed by atoms with Gasteiger partial charge in [-0.1, -0.05) is 32.4 Å². The number of carbonyl (C=O) groups is 1. The van der Waals surface area contributed by atoms with Crippen LogP contribution in [0, 0.1) is 12.8 Å². The van der Waals surface area contributed by atoms with Gasteiger partial charge in [-0.15, -0.1) is 0 Å². The topological polar surface area (TPSA) is 56.9 Å². The highest BCUT2D eigenvalue weighted by molar-refractivity contribution is 5.83. The van der Waals surface area contributed by atoms with Crippen LogP contribution in [0.25, 0.3) is 10.9 Å². The van der Waals surface area contributed by atoms with E-state index in [1.807, 2.05) is 6.20 Å². The summed E-state index contributed by atoms with van der Waals surface area (Å²) in [5.41, 5.74) is 3.65. The SMILES string of the molecule is CCC(C)C(C)NC(=O)NCCc1c[nH]c2cc(C)ccc12. The average Bonchev–Trinajstić information content (AvgIpc) is 2.88. The van der Waals surface area contributed by atoms with E-state index in [2.05, 4.69) is 61.5 Å². The van der Waals surface area contributed by atoms with Crippen molar-refractivity contribution in [1.82, 2.24) is 15.6 Å². The number of hydrogen-bond acceptors (Lipinski definition) is 1. The fraction of sp³-hybridized carbons (Fsp3) is 0.500. The zero-order chi connectivity index (χ0) is 16.1. The minimum Gasteiger partial charge on any atom is -0.361 e. The summed E-state index contributed by atoms with van der Waals surface area (Å²) in [5.74, 6) is 0.489. The van der Waals surface area contributed by atoms with Crippen LogP contribution < -0.4 is 10.6 Å². The van der Waals surface area contributed by atoms with Crippen LogP contribution in [0.1, 0.15) is 38.3 Å². The van der Waals surface area contributed by atoms with Gasteiger partial charge in [0.25, 0.3) is 0 Å². The van der Waals surface area contributed by atoms with Crippen molar-refractivity contribution < 1.29 is 4.79 Å². The molecule has 22 heavy (non-hydrogen) atoms. The van der Waals surface area contributed by atoms with Gasteiger partial charge in [0, 0.05) is 29.7 Å². The van der Waals surface area contributed by atoms with Crippen molar-refractivity contribution in [3.05, 3.63) is 35.5 Å². The minimum atomic E-state index is -0.0801. The number of aromatic amines is 1. The number of urea groups is 1. The third-order valence-corrected chi connectivity index (χ3v) is 4.46. The second-order valence-corrected chi connectivity index (χ2v) is 6.19. The van der Waals surface area contributed by atoms with E-state index in [0.29, 0.717) is 12.5 Å². The Morgan fingerprint density at radius 2 is 2.09 bits per heavy atom. The molecular weight excluding hydrogens is 274 g/mol. The maximum atomic E-state index is 11.9. The number of amides is 2. The van der Waals surface area contributed by atoms with Gasteiger partial charge in [-0.25, -0.2) is 4.79 Å². The summed E-state index contributed by atoms with van der Waals surface area (Å²) in [6, 6.07) is 6.52. The number of hydrogen-bond donors (Lipinski definition) is 3. The van der Waals surface area contributed by atoms with Gasteiger partial charge in [0.1, 0.15) is 0 Å². The summed E-state index contributed by atoms with van der Waals surface area (Å²) in [6.45, 7) is 9.07. The maximum Gasteiger partial charge on any atom is 0.315 e. The van der Waals surface area contributed by atoms with Crippen molar-refractivity contribution >= 4 is 16.9 Å². The van der Waals surface area contributed by atoms with Gasteiger partial charge in [0.15, 0.2) is 0 Å². The normalized spacial score (nSPS) is 13.8. The third kappa shape index (κ3) is 4.03. The number of aromatic nitrogens is 1. The van der Waals surface area contributed by atoms with Crippen LogP contribution in [0.15, 0.2) is 24.4 Å². The third-order valence-electron chi connectivity index (χ3n) is 4.46. The zero-order valence-electron chi connectivity index (χ0n) is 14.0. The van der Waals surface area contributed by atoms with E-state index in [0.717, 1.165) is 18.4 Å². The van der Waals surface area contributed by atoms with Crippen molar-refractivity contribution in [2.24, 2.45) is 5.92 Å². The highest BCUT2D eigenvalue weighted by Crippen LogP contribution is 2.19. The second kappa shape index (κ2) is 7.34. The van der Waals surface area contributed by atoms with Crippen molar-refractivity contribution in [3.63, 3.8) is 0 Å². The number of nitrogens with one attached hydrogen (secondary N) is 3. The van der Waals surface area contributed by atoms with E-state index in [4.69, 9.17) is 0 Å². The molecule has 1 heterocycles. The molecule has 0 saturated heterocycles. The van der Waals surface area contributed by atoms with Crippen LogP contribution in [-0.2, 0) is 6.42 Å². The Balaban J connectivity index is 1.84. The lowest BCUT2D eigenvalue weighted by Crippen LogP contribution is -2.43. The largest absolute Gasteiger partial charge is 0.361 e. The Kier molecular flexibility index (Phi) is 5.47. The fourth-order valence-electron chi connectivity index (χ4n) is 2.57. The zero-order valence-corrected chi connectivity index (χ0v) is 14.0. The number of carbonyl (C=O) groups excluding carboxylic acids is 1. The lowest BCUT2D eigenvalue weighted by Gasteiger charge is -2.20. The molecule has 4 nitrogen and oxygen atoms in total. The first-order valence-electron chi connectivity index (χ1n) is 8.12. The monoisotopic (exact) mass is 301 g/mol. The van der Waals surface area contributed by atoms with Crippen LogP contribution in [0.5, 0.6) is 0 Å². The quantitative estimate of drug-likeness (QED) is 0.747. The van der Waals surface area contributed by atoms with Gasteiger partial charge in [0.2, 0.25) is 0 Å². The molecule has 1 aromatic carbocycles. The maximum absolute atomic E-state index is 11.9. The Hall–Kier alpha value is -1.97. The molecule has 2 aromatic rings. The lowest BCUT2D eigenvalue weighted by molar-refractivity contribution is 0.233. The van der Waals surface area contributed by atoms with Gasteiger partial charge in [-0.2, -0.15) is 0 Å². The highest BCUT2D eigenvalue weighted by atomic mass is 16.2. The summed E-state index contributed by atoms with van der Waals surface area (Å²) in [4.78, 5) is 15.2. The minimum absolute atomic E-state index is 0.0801. The molecule has 4 heteroatoms. The first-order valence-corrected chi connectivity index (χ1v) is 8.12. The smallest absolute Gasteiger partial charge is 0.315 e. The molecule has 0 spiro atoms. The molecule has 0 bridgehead atoms. The molecule has 120 valence electrons. The molecule has 0 radical (unpaired) electrons. The molecule has 0 saturated carbocycles. The van der Waals surface area contributed by atoms with E-state index < -0.39 is 0 Å². The predicted octanol–water partition coefficient (Wildman–Crippen LogP) is 3.75. The van der Waals surface area contributed by atoms with Gasteiger partial charge in [-0.3, -0.25) is 0 Å². The van der Waals surface area contributed by atoms with Crippen LogP contribution >= 0.6 is 0 Å². The Morgan fingerprint density at radius 1 is 1.32 bits per heavy atom. The van der Waals surface area contributed by atoms with Crippen LogP contribution in [-0.4, -0.2) is 23.6 Å². The first-order chi connectivity index (χ1) is 10.5. The van der Waals surface area contributed by atoms with E-state index in [1.165, 1.54) is 16.5 Å². The number of fused-ring (bicyclic) bond motifs is 1.